The first-order chi connectivity index (χ1) is 14.0. The molecule has 0 atom stereocenters. The number of nitrogens with one attached hydrogen (secondary N) is 1. The number of H-pyrrole nitrogens is 1. The first kappa shape index (κ1) is 18.5. The summed E-state index contributed by atoms with van der Waals surface area (Å²) < 4.78 is 4.68. The Bertz CT molecular complexity index is 1290. The average Bonchev–Trinajstić information content (AvgIpc) is 3.18. The van der Waals surface area contributed by atoms with Crippen LogP contribution >= 0.6 is 11.3 Å². The van der Waals surface area contributed by atoms with E-state index in [1.54, 1.807) is 42.5 Å². The van der Waals surface area contributed by atoms with Crippen LogP contribution in [0.15, 0.2) is 59.4 Å². The van der Waals surface area contributed by atoms with Gasteiger partial charge in [0.05, 0.1) is 23.0 Å². The second-order valence-corrected chi connectivity index (χ2v) is 7.15. The van der Waals surface area contributed by atoms with E-state index < -0.39 is 10.9 Å². The summed E-state index contributed by atoms with van der Waals surface area (Å²) in [5.41, 5.74) is 1.54. The maximum atomic E-state index is 12.5. The zero-order valence-electron chi connectivity index (χ0n) is 15.0. The number of aromatic nitrogens is 2. The highest BCUT2D eigenvalue weighted by atomic mass is 32.1. The van der Waals surface area contributed by atoms with Crippen LogP contribution in [0, 0.1) is 10.1 Å². The van der Waals surface area contributed by atoms with Crippen molar-refractivity contribution in [2.75, 3.05) is 7.11 Å². The zero-order chi connectivity index (χ0) is 20.5. The lowest BCUT2D eigenvalue weighted by atomic mass is 10.1. The molecular formula is C20H13N3O5S. The zero-order valence-corrected chi connectivity index (χ0v) is 15.9. The minimum atomic E-state index is -0.460. The van der Waals surface area contributed by atoms with Gasteiger partial charge >= 0.3 is 5.97 Å². The van der Waals surface area contributed by atoms with E-state index in [1.165, 1.54) is 30.6 Å². The molecule has 0 unspecified atom stereocenters. The number of thiophene rings is 1. The maximum absolute atomic E-state index is 12.5. The number of benzene rings is 2. The highest BCUT2D eigenvalue weighted by Crippen LogP contribution is 2.32. The monoisotopic (exact) mass is 407 g/mol. The number of aromatic amines is 1. The van der Waals surface area contributed by atoms with Crippen molar-refractivity contribution in [1.29, 1.82) is 0 Å². The number of nitro groups is 1. The number of nitro benzene ring substituents is 1. The van der Waals surface area contributed by atoms with Crippen LogP contribution in [0.5, 0.6) is 0 Å². The van der Waals surface area contributed by atoms with Crippen LogP contribution in [0.25, 0.3) is 32.0 Å². The molecule has 0 saturated heterocycles. The topological polar surface area (TPSA) is 115 Å². The molecule has 2 aromatic carbocycles. The van der Waals surface area contributed by atoms with E-state index in [0.717, 1.165) is 10.4 Å². The molecule has 0 aliphatic heterocycles. The molecule has 0 spiro atoms. The highest BCUT2D eigenvalue weighted by molar-refractivity contribution is 7.21. The molecule has 0 aliphatic carbocycles. The molecule has 8 nitrogen and oxygen atoms in total. The quantitative estimate of drug-likeness (QED) is 0.310. The van der Waals surface area contributed by atoms with Crippen LogP contribution in [0.3, 0.4) is 0 Å². The molecule has 0 saturated carbocycles. The van der Waals surface area contributed by atoms with Gasteiger partial charge in [0.2, 0.25) is 0 Å². The Labute approximate surface area is 167 Å². The third-order valence-electron chi connectivity index (χ3n) is 4.34. The van der Waals surface area contributed by atoms with E-state index in [-0.39, 0.29) is 11.2 Å². The maximum Gasteiger partial charge on any atom is 0.337 e. The number of hydrogen-bond acceptors (Lipinski definition) is 7. The SMILES string of the molecule is COC(=O)c1ccc(-c2nc3sc(-c4ccc([N+](=O)[O-])cc4)cc3c(=O)[nH]2)cc1. The summed E-state index contributed by atoms with van der Waals surface area (Å²) in [6, 6.07) is 14.4. The summed E-state index contributed by atoms with van der Waals surface area (Å²) in [5, 5.41) is 11.3. The molecular weight excluding hydrogens is 394 g/mol. The van der Waals surface area contributed by atoms with E-state index in [0.29, 0.717) is 27.2 Å². The number of rotatable bonds is 4. The van der Waals surface area contributed by atoms with Gasteiger partial charge in [-0.15, -0.1) is 11.3 Å². The Morgan fingerprint density at radius 2 is 1.76 bits per heavy atom. The molecule has 9 heteroatoms. The lowest BCUT2D eigenvalue weighted by Crippen LogP contribution is -2.08. The van der Waals surface area contributed by atoms with Crippen LogP contribution in [0.4, 0.5) is 5.69 Å². The second kappa shape index (κ2) is 7.28. The summed E-state index contributed by atoms with van der Waals surface area (Å²) >= 11 is 1.32. The molecule has 1 N–H and O–H groups in total. The van der Waals surface area contributed by atoms with E-state index in [1.807, 2.05) is 0 Å². The summed E-state index contributed by atoms with van der Waals surface area (Å²) in [5.74, 6) is -0.0598. The van der Waals surface area contributed by atoms with E-state index in [2.05, 4.69) is 14.7 Å². The predicted molar refractivity (Wildman–Crippen MR) is 109 cm³/mol. The van der Waals surface area contributed by atoms with E-state index in [4.69, 9.17) is 0 Å². The smallest absolute Gasteiger partial charge is 0.337 e. The highest BCUT2D eigenvalue weighted by Gasteiger charge is 2.13. The standard InChI is InChI=1S/C20H13N3O5S/c1-28-20(25)13-4-2-12(3-5-13)17-21-18(24)15-10-16(29-19(15)22-17)11-6-8-14(9-7-11)23(26)27/h2-10H,1H3,(H,21,22,24). The van der Waals surface area contributed by atoms with Crippen molar-refractivity contribution in [2.24, 2.45) is 0 Å². The molecule has 4 aromatic rings. The number of methoxy groups -OCH3 is 1. The third kappa shape index (κ3) is 3.50. The molecule has 4 rings (SSSR count). The molecule has 2 heterocycles. The summed E-state index contributed by atoms with van der Waals surface area (Å²) in [7, 11) is 1.31. The Hall–Kier alpha value is -3.85. The van der Waals surface area contributed by atoms with Gasteiger partial charge in [0, 0.05) is 22.6 Å². The number of non-ortho nitro benzene ring substituents is 1. The van der Waals surface area contributed by atoms with Crippen molar-refractivity contribution in [3.8, 4) is 21.8 Å². The average molecular weight is 407 g/mol. The van der Waals surface area contributed by atoms with Crippen molar-refractivity contribution in [2.45, 2.75) is 0 Å². The first-order valence-corrected chi connectivity index (χ1v) is 9.25. The Morgan fingerprint density at radius 3 is 2.38 bits per heavy atom. The van der Waals surface area contributed by atoms with Crippen LogP contribution in [-0.4, -0.2) is 28.0 Å². The molecule has 0 aliphatic rings. The molecule has 0 radical (unpaired) electrons. The van der Waals surface area contributed by atoms with Gasteiger partial charge in [0.1, 0.15) is 10.7 Å². The van der Waals surface area contributed by atoms with Gasteiger partial charge in [-0.3, -0.25) is 14.9 Å². The fourth-order valence-corrected chi connectivity index (χ4v) is 3.88. The number of carbonyl (C=O) groups is 1. The van der Waals surface area contributed by atoms with Crippen LogP contribution in [0.1, 0.15) is 10.4 Å². The number of fused-ring (bicyclic) bond motifs is 1. The molecule has 0 amide bonds. The molecule has 2 aromatic heterocycles. The first-order valence-electron chi connectivity index (χ1n) is 8.43. The van der Waals surface area contributed by atoms with Gasteiger partial charge in [-0.2, -0.15) is 0 Å². The van der Waals surface area contributed by atoms with Gasteiger partial charge in [-0.1, -0.05) is 12.1 Å². The normalized spacial score (nSPS) is 10.8. The van der Waals surface area contributed by atoms with Gasteiger partial charge < -0.3 is 9.72 Å². The molecule has 29 heavy (non-hydrogen) atoms. The van der Waals surface area contributed by atoms with Crippen molar-refractivity contribution in [3.05, 3.63) is 80.6 Å². The number of ether oxygens (including phenoxy) is 1. The van der Waals surface area contributed by atoms with Crippen LogP contribution in [0.2, 0.25) is 0 Å². The number of carbonyl (C=O) groups excluding carboxylic acids is 1. The Balaban J connectivity index is 1.73. The number of esters is 1. The van der Waals surface area contributed by atoms with Crippen molar-refractivity contribution in [3.63, 3.8) is 0 Å². The van der Waals surface area contributed by atoms with Crippen molar-refractivity contribution in [1.82, 2.24) is 9.97 Å². The summed E-state index contributed by atoms with van der Waals surface area (Å²) in [4.78, 5) is 43.1. The van der Waals surface area contributed by atoms with Gasteiger partial charge in [0.25, 0.3) is 11.2 Å². The lowest BCUT2D eigenvalue weighted by molar-refractivity contribution is -0.384. The van der Waals surface area contributed by atoms with E-state index >= 15 is 0 Å². The lowest BCUT2D eigenvalue weighted by Gasteiger charge is -2.03. The minimum Gasteiger partial charge on any atom is -0.465 e. The fraction of sp³-hybridized carbons (Fsp3) is 0.0500. The van der Waals surface area contributed by atoms with Crippen molar-refractivity contribution < 1.29 is 14.5 Å². The van der Waals surface area contributed by atoms with E-state index in [9.17, 15) is 19.7 Å². The summed E-state index contributed by atoms with van der Waals surface area (Å²) in [6.07, 6.45) is 0. The van der Waals surface area contributed by atoms with Crippen LogP contribution < -0.4 is 5.56 Å². The van der Waals surface area contributed by atoms with Gasteiger partial charge in [-0.25, -0.2) is 9.78 Å². The summed E-state index contributed by atoms with van der Waals surface area (Å²) in [6.45, 7) is 0. The Kier molecular flexibility index (Phi) is 4.65. The molecule has 0 fully saturated rings. The van der Waals surface area contributed by atoms with Gasteiger partial charge in [0.15, 0.2) is 0 Å². The largest absolute Gasteiger partial charge is 0.465 e. The second-order valence-electron chi connectivity index (χ2n) is 6.12. The third-order valence-corrected chi connectivity index (χ3v) is 5.42. The van der Waals surface area contributed by atoms with Crippen LogP contribution in [-0.2, 0) is 4.74 Å². The Morgan fingerprint density at radius 1 is 1.10 bits per heavy atom. The van der Waals surface area contributed by atoms with Crippen molar-refractivity contribution >= 4 is 33.2 Å². The predicted octanol–water partition coefficient (Wildman–Crippen LogP) is 4.01. The molecule has 144 valence electrons. The molecule has 0 bridgehead atoms. The number of nitrogens with zero attached hydrogens (tertiary/aromatic N) is 2. The minimum absolute atomic E-state index is 0.00326. The van der Waals surface area contributed by atoms with Gasteiger partial charge in [-0.05, 0) is 35.9 Å². The fourth-order valence-electron chi connectivity index (χ4n) is 2.84. The number of hydrogen-bond donors (Lipinski definition) is 1.